The van der Waals surface area contributed by atoms with Gasteiger partial charge in [-0.25, -0.2) is 4.98 Å². The number of halogens is 1. The first-order valence-corrected chi connectivity index (χ1v) is 10.5. The molecule has 0 radical (unpaired) electrons. The number of hydrogen-bond acceptors (Lipinski definition) is 4. The summed E-state index contributed by atoms with van der Waals surface area (Å²) in [6.45, 7) is 7.74. The molecule has 0 spiro atoms. The Morgan fingerprint density at radius 3 is 2.40 bits per heavy atom. The van der Waals surface area contributed by atoms with Gasteiger partial charge in [0.15, 0.2) is 0 Å². The van der Waals surface area contributed by atoms with Crippen LogP contribution in [0.1, 0.15) is 30.5 Å². The molecular formula is C24H27ClN4O. The first-order valence-electron chi connectivity index (χ1n) is 10.1. The predicted molar refractivity (Wildman–Crippen MR) is 123 cm³/mol. The molecule has 0 fully saturated rings. The summed E-state index contributed by atoms with van der Waals surface area (Å²) in [4.78, 5) is 23.6. The molecule has 1 N–H and O–H groups in total. The topological polar surface area (TPSA) is 58.1 Å². The molecule has 5 nitrogen and oxygen atoms in total. The van der Waals surface area contributed by atoms with Crippen molar-refractivity contribution in [1.29, 1.82) is 0 Å². The number of carbonyl (C=O) groups is 1. The van der Waals surface area contributed by atoms with Crippen molar-refractivity contribution in [2.75, 3.05) is 16.8 Å². The van der Waals surface area contributed by atoms with Crippen LogP contribution in [0.15, 0.2) is 60.7 Å². The van der Waals surface area contributed by atoms with Gasteiger partial charge in [-0.3, -0.25) is 4.79 Å². The fraction of sp³-hybridized carbons (Fsp3) is 0.292. The molecule has 0 saturated heterocycles. The zero-order chi connectivity index (χ0) is 21.5. The largest absolute Gasteiger partial charge is 0.336 e. The Morgan fingerprint density at radius 1 is 1.03 bits per heavy atom. The number of anilines is 2. The van der Waals surface area contributed by atoms with E-state index in [2.05, 4.69) is 46.2 Å². The third-order valence-corrected chi connectivity index (χ3v) is 4.71. The van der Waals surface area contributed by atoms with Crippen LogP contribution in [0.3, 0.4) is 0 Å². The first kappa shape index (κ1) is 21.8. The van der Waals surface area contributed by atoms with Gasteiger partial charge in [0.1, 0.15) is 11.0 Å². The van der Waals surface area contributed by atoms with Crippen molar-refractivity contribution >= 4 is 29.3 Å². The van der Waals surface area contributed by atoms with Crippen LogP contribution < -0.4 is 10.2 Å². The molecule has 156 valence electrons. The lowest BCUT2D eigenvalue weighted by atomic mass is 10.1. The average Bonchev–Trinajstić information content (AvgIpc) is 2.69. The second-order valence-electron chi connectivity index (χ2n) is 7.85. The third kappa shape index (κ3) is 6.56. The van der Waals surface area contributed by atoms with Gasteiger partial charge in [-0.05, 0) is 24.0 Å². The molecule has 0 atom stereocenters. The highest BCUT2D eigenvalue weighted by atomic mass is 35.5. The van der Waals surface area contributed by atoms with E-state index < -0.39 is 0 Å². The van der Waals surface area contributed by atoms with Crippen molar-refractivity contribution in [3.05, 3.63) is 82.5 Å². The number of nitrogens with zero attached hydrogens (tertiary/aromatic N) is 3. The van der Waals surface area contributed by atoms with Gasteiger partial charge < -0.3 is 10.2 Å². The molecule has 6 heteroatoms. The number of aromatic nitrogens is 2. The van der Waals surface area contributed by atoms with Crippen LogP contribution in [0.25, 0.3) is 0 Å². The molecule has 0 aliphatic heterocycles. The van der Waals surface area contributed by atoms with Crippen LogP contribution in [0.2, 0.25) is 5.15 Å². The van der Waals surface area contributed by atoms with E-state index in [1.807, 2.05) is 49.4 Å². The predicted octanol–water partition coefficient (Wildman–Crippen LogP) is 5.28. The molecule has 0 saturated carbocycles. The SMILES string of the molecule is Cc1ccc(CC(=O)Nc2cc(Cl)nc(N(Cc3ccccc3)CC(C)C)n2)cc1. The van der Waals surface area contributed by atoms with E-state index in [4.69, 9.17) is 11.6 Å². The maximum absolute atomic E-state index is 12.5. The number of aryl methyl sites for hydroxylation is 1. The Kier molecular flexibility index (Phi) is 7.41. The molecular weight excluding hydrogens is 396 g/mol. The lowest BCUT2D eigenvalue weighted by molar-refractivity contribution is -0.115. The zero-order valence-electron chi connectivity index (χ0n) is 17.6. The standard InChI is InChI=1S/C24H27ClN4O/c1-17(2)15-29(16-20-7-5-4-6-8-20)24-26-21(25)14-22(28-24)27-23(30)13-19-11-9-18(3)10-12-19/h4-12,14,17H,13,15-16H2,1-3H3,(H,26,27,28,30). The minimum absolute atomic E-state index is 0.141. The molecule has 1 heterocycles. The van der Waals surface area contributed by atoms with E-state index in [0.717, 1.165) is 23.2 Å². The molecule has 0 aliphatic rings. The molecule has 30 heavy (non-hydrogen) atoms. The number of nitrogens with one attached hydrogen (secondary N) is 1. The number of benzene rings is 2. The second-order valence-corrected chi connectivity index (χ2v) is 8.23. The van der Waals surface area contributed by atoms with Crippen LogP contribution in [0.4, 0.5) is 11.8 Å². The fourth-order valence-corrected chi connectivity index (χ4v) is 3.33. The average molecular weight is 423 g/mol. The summed E-state index contributed by atoms with van der Waals surface area (Å²) < 4.78 is 0. The lowest BCUT2D eigenvalue weighted by Gasteiger charge is -2.25. The quantitative estimate of drug-likeness (QED) is 0.501. The Hall–Kier alpha value is -2.92. The van der Waals surface area contributed by atoms with E-state index in [1.54, 1.807) is 6.07 Å². The Balaban J connectivity index is 1.77. The van der Waals surface area contributed by atoms with Gasteiger partial charge in [0.05, 0.1) is 6.42 Å². The molecule has 2 aromatic carbocycles. The highest BCUT2D eigenvalue weighted by Crippen LogP contribution is 2.21. The van der Waals surface area contributed by atoms with E-state index in [-0.39, 0.29) is 12.3 Å². The van der Waals surface area contributed by atoms with E-state index >= 15 is 0 Å². The summed E-state index contributed by atoms with van der Waals surface area (Å²) in [7, 11) is 0. The van der Waals surface area contributed by atoms with Gasteiger partial charge in [0.25, 0.3) is 0 Å². The van der Waals surface area contributed by atoms with Gasteiger partial charge in [-0.1, -0.05) is 85.6 Å². The molecule has 1 amide bonds. The third-order valence-electron chi connectivity index (χ3n) is 4.52. The lowest BCUT2D eigenvalue weighted by Crippen LogP contribution is -2.29. The van der Waals surface area contributed by atoms with Gasteiger partial charge in [0, 0.05) is 19.2 Å². The first-order chi connectivity index (χ1) is 14.4. The molecule has 0 bridgehead atoms. The van der Waals surface area contributed by atoms with Crippen LogP contribution in [0.5, 0.6) is 0 Å². The minimum atomic E-state index is -0.141. The van der Waals surface area contributed by atoms with Crippen molar-refractivity contribution in [1.82, 2.24) is 9.97 Å². The van der Waals surface area contributed by atoms with Crippen molar-refractivity contribution < 1.29 is 4.79 Å². The smallest absolute Gasteiger partial charge is 0.229 e. The van der Waals surface area contributed by atoms with Crippen molar-refractivity contribution in [2.24, 2.45) is 5.92 Å². The molecule has 0 aliphatic carbocycles. The van der Waals surface area contributed by atoms with E-state index in [0.29, 0.717) is 29.4 Å². The van der Waals surface area contributed by atoms with Gasteiger partial charge in [-0.15, -0.1) is 0 Å². The second kappa shape index (κ2) is 10.2. The maximum Gasteiger partial charge on any atom is 0.229 e. The molecule has 3 rings (SSSR count). The molecule has 1 aromatic heterocycles. The maximum atomic E-state index is 12.5. The van der Waals surface area contributed by atoms with Crippen LogP contribution in [0, 0.1) is 12.8 Å². The van der Waals surface area contributed by atoms with Crippen molar-refractivity contribution in [3.63, 3.8) is 0 Å². The highest BCUT2D eigenvalue weighted by molar-refractivity contribution is 6.29. The summed E-state index contributed by atoms with van der Waals surface area (Å²) in [5.74, 6) is 1.18. The highest BCUT2D eigenvalue weighted by Gasteiger charge is 2.15. The van der Waals surface area contributed by atoms with Crippen LogP contribution in [-0.4, -0.2) is 22.4 Å². The number of rotatable bonds is 8. The van der Waals surface area contributed by atoms with Crippen molar-refractivity contribution in [3.8, 4) is 0 Å². The monoisotopic (exact) mass is 422 g/mol. The summed E-state index contributed by atoms with van der Waals surface area (Å²) >= 11 is 6.27. The van der Waals surface area contributed by atoms with E-state index in [1.165, 1.54) is 0 Å². The Morgan fingerprint density at radius 2 is 1.73 bits per heavy atom. The Bertz CT molecular complexity index is 974. The number of carbonyl (C=O) groups excluding carboxylic acids is 1. The summed E-state index contributed by atoms with van der Waals surface area (Å²) in [6, 6.07) is 19.6. The van der Waals surface area contributed by atoms with Crippen LogP contribution in [-0.2, 0) is 17.8 Å². The zero-order valence-corrected chi connectivity index (χ0v) is 18.4. The van der Waals surface area contributed by atoms with Crippen LogP contribution >= 0.6 is 11.6 Å². The normalized spacial score (nSPS) is 10.8. The van der Waals surface area contributed by atoms with Gasteiger partial charge in [0.2, 0.25) is 11.9 Å². The molecule has 3 aromatic rings. The van der Waals surface area contributed by atoms with Gasteiger partial charge in [-0.2, -0.15) is 4.98 Å². The van der Waals surface area contributed by atoms with E-state index in [9.17, 15) is 4.79 Å². The fourth-order valence-electron chi connectivity index (χ4n) is 3.15. The summed E-state index contributed by atoms with van der Waals surface area (Å²) in [5, 5.41) is 3.16. The van der Waals surface area contributed by atoms with Crippen molar-refractivity contribution in [2.45, 2.75) is 33.7 Å². The number of hydrogen-bond donors (Lipinski definition) is 1. The summed E-state index contributed by atoms with van der Waals surface area (Å²) in [5.41, 5.74) is 3.27. The minimum Gasteiger partial charge on any atom is -0.336 e. The van der Waals surface area contributed by atoms with Gasteiger partial charge >= 0.3 is 0 Å². The number of amides is 1. The Labute approximate surface area is 183 Å². The molecule has 0 unspecified atom stereocenters. The summed E-state index contributed by atoms with van der Waals surface area (Å²) in [6.07, 6.45) is 0.275.